The largest absolute Gasteiger partial charge is 0.324 e. The monoisotopic (exact) mass is 375 g/mol. The Bertz CT molecular complexity index is 864. The van der Waals surface area contributed by atoms with Crippen LogP contribution in [0.4, 0.5) is 5.69 Å². The number of carbonyl (C=O) groups is 1. The van der Waals surface area contributed by atoms with Crippen LogP contribution in [0.3, 0.4) is 0 Å². The van der Waals surface area contributed by atoms with E-state index in [2.05, 4.69) is 10.0 Å². The lowest BCUT2D eigenvalue weighted by molar-refractivity contribution is -0.117. The third-order valence-corrected chi connectivity index (χ3v) is 5.69. The molecule has 0 radical (unpaired) electrons. The number of hydrogen-bond acceptors (Lipinski definition) is 4. The average Bonchev–Trinajstić information content (AvgIpc) is 2.61. The minimum Gasteiger partial charge on any atom is -0.324 e. The van der Waals surface area contributed by atoms with Crippen molar-refractivity contribution >= 4 is 21.6 Å². The van der Waals surface area contributed by atoms with Crippen molar-refractivity contribution in [2.75, 3.05) is 5.32 Å². The predicted octanol–water partition coefficient (Wildman–Crippen LogP) is 2.71. The van der Waals surface area contributed by atoms with Crippen molar-refractivity contribution in [3.05, 3.63) is 59.7 Å². The minimum absolute atomic E-state index is 0.0968. The number of amides is 1. The summed E-state index contributed by atoms with van der Waals surface area (Å²) in [5.41, 5.74) is 8.15. The van der Waals surface area contributed by atoms with E-state index in [-0.39, 0.29) is 10.9 Å². The van der Waals surface area contributed by atoms with Crippen LogP contribution in [0.25, 0.3) is 0 Å². The molecule has 2 aromatic rings. The Morgan fingerprint density at radius 3 is 2.42 bits per heavy atom. The zero-order valence-corrected chi connectivity index (χ0v) is 16.0. The third kappa shape index (κ3) is 5.14. The molecule has 0 aliphatic rings. The van der Waals surface area contributed by atoms with Gasteiger partial charge in [-0.1, -0.05) is 42.8 Å². The van der Waals surface area contributed by atoms with Crippen LogP contribution in [0.2, 0.25) is 0 Å². The number of benzene rings is 2. The second kappa shape index (κ2) is 8.44. The summed E-state index contributed by atoms with van der Waals surface area (Å²) >= 11 is 0. The normalized spacial score (nSPS) is 13.8. The van der Waals surface area contributed by atoms with Crippen LogP contribution >= 0.6 is 0 Å². The van der Waals surface area contributed by atoms with Gasteiger partial charge in [0.2, 0.25) is 15.9 Å². The topological polar surface area (TPSA) is 101 Å². The van der Waals surface area contributed by atoms with E-state index in [1.165, 1.54) is 12.1 Å². The van der Waals surface area contributed by atoms with Gasteiger partial charge in [0.05, 0.1) is 4.90 Å². The standard InChI is InChI=1S/C19H25N3O3S/c1-4-14(3)22-26(24,25)17-7-5-6-16(12-17)21-19(23)18(20)15-10-8-13(2)9-11-15/h5-12,14,18,22H,4,20H2,1-3H3,(H,21,23). The summed E-state index contributed by atoms with van der Waals surface area (Å²) < 4.78 is 27.3. The van der Waals surface area contributed by atoms with Crippen molar-refractivity contribution in [1.29, 1.82) is 0 Å². The first-order valence-corrected chi connectivity index (χ1v) is 9.96. The summed E-state index contributed by atoms with van der Waals surface area (Å²) in [5, 5.41) is 2.68. The Balaban J connectivity index is 2.15. The maximum absolute atomic E-state index is 12.4. The molecule has 26 heavy (non-hydrogen) atoms. The summed E-state index contributed by atoms with van der Waals surface area (Å²) in [5.74, 6) is -0.404. The zero-order chi connectivity index (χ0) is 19.3. The van der Waals surface area contributed by atoms with Gasteiger partial charge >= 0.3 is 0 Å². The van der Waals surface area contributed by atoms with Crippen LogP contribution in [0, 0.1) is 6.92 Å². The third-order valence-electron chi connectivity index (χ3n) is 4.10. The second-order valence-corrected chi connectivity index (χ2v) is 8.05. The SMILES string of the molecule is CCC(C)NS(=O)(=O)c1cccc(NC(=O)C(N)c2ccc(C)cc2)c1. The molecule has 0 bridgehead atoms. The lowest BCUT2D eigenvalue weighted by Gasteiger charge is -2.15. The molecule has 2 atom stereocenters. The summed E-state index contributed by atoms with van der Waals surface area (Å²) in [4.78, 5) is 12.5. The highest BCUT2D eigenvalue weighted by Crippen LogP contribution is 2.18. The fourth-order valence-electron chi connectivity index (χ4n) is 2.30. The van der Waals surface area contributed by atoms with Gasteiger partial charge in [-0.3, -0.25) is 4.79 Å². The molecule has 7 heteroatoms. The van der Waals surface area contributed by atoms with E-state index in [9.17, 15) is 13.2 Å². The smallest absolute Gasteiger partial charge is 0.245 e. The fourth-order valence-corrected chi connectivity index (χ4v) is 3.67. The molecule has 0 aliphatic heterocycles. The summed E-state index contributed by atoms with van der Waals surface area (Å²) in [6, 6.07) is 12.5. The van der Waals surface area contributed by atoms with Gasteiger partial charge in [-0.05, 0) is 44.0 Å². The van der Waals surface area contributed by atoms with Gasteiger partial charge in [0.15, 0.2) is 0 Å². The molecule has 0 aliphatic carbocycles. The number of sulfonamides is 1. The molecule has 4 N–H and O–H groups in total. The van der Waals surface area contributed by atoms with Crippen LogP contribution in [-0.4, -0.2) is 20.4 Å². The van der Waals surface area contributed by atoms with Crippen molar-refractivity contribution in [3.63, 3.8) is 0 Å². The Hall–Kier alpha value is -2.22. The maximum atomic E-state index is 12.4. The fraction of sp³-hybridized carbons (Fsp3) is 0.316. The van der Waals surface area contributed by atoms with E-state index in [4.69, 9.17) is 5.73 Å². The number of aryl methyl sites for hydroxylation is 1. The zero-order valence-electron chi connectivity index (χ0n) is 15.2. The molecule has 0 fully saturated rings. The highest BCUT2D eigenvalue weighted by atomic mass is 32.2. The van der Waals surface area contributed by atoms with Gasteiger partial charge in [-0.2, -0.15) is 0 Å². The number of nitrogens with one attached hydrogen (secondary N) is 2. The molecule has 0 aromatic heterocycles. The number of nitrogens with two attached hydrogens (primary N) is 1. The minimum atomic E-state index is -3.64. The highest BCUT2D eigenvalue weighted by Gasteiger charge is 2.19. The molecular formula is C19H25N3O3S. The van der Waals surface area contributed by atoms with Gasteiger partial charge in [0.25, 0.3) is 0 Å². The van der Waals surface area contributed by atoms with Crippen molar-refractivity contribution in [3.8, 4) is 0 Å². The van der Waals surface area contributed by atoms with Crippen LogP contribution < -0.4 is 15.8 Å². The highest BCUT2D eigenvalue weighted by molar-refractivity contribution is 7.89. The molecule has 2 aromatic carbocycles. The van der Waals surface area contributed by atoms with Gasteiger partial charge < -0.3 is 11.1 Å². The van der Waals surface area contributed by atoms with E-state index in [0.29, 0.717) is 17.7 Å². The first-order chi connectivity index (χ1) is 12.2. The first kappa shape index (κ1) is 20.1. The number of carbonyl (C=O) groups excluding carboxylic acids is 1. The van der Waals surface area contributed by atoms with Crippen molar-refractivity contribution in [2.24, 2.45) is 5.73 Å². The van der Waals surface area contributed by atoms with Crippen LogP contribution in [0.1, 0.15) is 37.4 Å². The van der Waals surface area contributed by atoms with E-state index < -0.39 is 22.0 Å². The van der Waals surface area contributed by atoms with Crippen molar-refractivity contribution in [1.82, 2.24) is 4.72 Å². The van der Waals surface area contributed by atoms with Gasteiger partial charge in [0, 0.05) is 11.7 Å². The Labute approximate surface area is 154 Å². The summed E-state index contributed by atoms with van der Waals surface area (Å²) in [6.45, 7) is 5.65. The summed E-state index contributed by atoms with van der Waals surface area (Å²) in [6.07, 6.45) is 0.682. The molecule has 1 amide bonds. The van der Waals surface area contributed by atoms with E-state index in [0.717, 1.165) is 5.56 Å². The van der Waals surface area contributed by atoms with Crippen LogP contribution in [0.5, 0.6) is 0 Å². The lowest BCUT2D eigenvalue weighted by atomic mass is 10.1. The van der Waals surface area contributed by atoms with E-state index in [1.54, 1.807) is 31.2 Å². The molecule has 2 unspecified atom stereocenters. The van der Waals surface area contributed by atoms with Gasteiger partial charge in [-0.15, -0.1) is 0 Å². The Morgan fingerprint density at radius 1 is 1.15 bits per heavy atom. The molecule has 0 heterocycles. The maximum Gasteiger partial charge on any atom is 0.245 e. The molecular weight excluding hydrogens is 350 g/mol. The van der Waals surface area contributed by atoms with Crippen LogP contribution in [0.15, 0.2) is 53.4 Å². The lowest BCUT2D eigenvalue weighted by Crippen LogP contribution is -2.32. The average molecular weight is 375 g/mol. The molecule has 140 valence electrons. The van der Waals surface area contributed by atoms with Crippen molar-refractivity contribution < 1.29 is 13.2 Å². The molecule has 0 saturated carbocycles. The van der Waals surface area contributed by atoms with E-state index in [1.807, 2.05) is 26.0 Å². The van der Waals surface area contributed by atoms with E-state index >= 15 is 0 Å². The number of hydrogen-bond donors (Lipinski definition) is 3. The van der Waals surface area contributed by atoms with Crippen molar-refractivity contribution in [2.45, 2.75) is 44.2 Å². The molecule has 0 saturated heterocycles. The van der Waals surface area contributed by atoms with Gasteiger partial charge in [-0.25, -0.2) is 13.1 Å². The number of anilines is 1. The Kier molecular flexibility index (Phi) is 6.52. The van der Waals surface area contributed by atoms with Gasteiger partial charge in [0.1, 0.15) is 6.04 Å². The predicted molar refractivity (Wildman–Crippen MR) is 103 cm³/mol. The second-order valence-electron chi connectivity index (χ2n) is 6.34. The summed E-state index contributed by atoms with van der Waals surface area (Å²) in [7, 11) is -3.64. The quantitative estimate of drug-likeness (QED) is 0.692. The number of rotatable bonds is 7. The molecule has 2 rings (SSSR count). The molecule has 6 nitrogen and oxygen atoms in total. The molecule has 0 spiro atoms. The Morgan fingerprint density at radius 2 is 1.81 bits per heavy atom. The first-order valence-electron chi connectivity index (χ1n) is 8.48. The van der Waals surface area contributed by atoms with Crippen LogP contribution in [-0.2, 0) is 14.8 Å².